The van der Waals surface area contributed by atoms with Gasteiger partial charge in [0.1, 0.15) is 5.82 Å². The first kappa shape index (κ1) is 15.9. The van der Waals surface area contributed by atoms with Crippen LogP contribution in [0.5, 0.6) is 0 Å². The van der Waals surface area contributed by atoms with Crippen molar-refractivity contribution in [2.45, 2.75) is 39.2 Å². The van der Waals surface area contributed by atoms with Crippen molar-refractivity contribution in [1.82, 2.24) is 15.5 Å². The van der Waals surface area contributed by atoms with E-state index in [1.54, 1.807) is 6.07 Å². The zero-order valence-corrected chi connectivity index (χ0v) is 13.0. The fraction of sp³-hybridized carbons (Fsp3) is 0.467. The lowest BCUT2D eigenvalue weighted by molar-refractivity contribution is 0.358. The summed E-state index contributed by atoms with van der Waals surface area (Å²) in [7, 11) is 0. The lowest BCUT2D eigenvalue weighted by Crippen LogP contribution is -2.28. The van der Waals surface area contributed by atoms with Gasteiger partial charge in [0.25, 0.3) is 0 Å². The largest absolute Gasteiger partial charge is 0.339 e. The van der Waals surface area contributed by atoms with Crippen molar-refractivity contribution in [1.29, 1.82) is 0 Å². The molecule has 2 aromatic rings. The maximum atomic E-state index is 13.0. The van der Waals surface area contributed by atoms with Gasteiger partial charge in [-0.25, -0.2) is 4.39 Å². The number of hydrogen-bond acceptors (Lipinski definition) is 4. The molecule has 0 fully saturated rings. The third-order valence-electron chi connectivity index (χ3n) is 3.10. The fourth-order valence-corrected chi connectivity index (χ4v) is 2.24. The number of benzene rings is 1. The molecular weight excluding hydrogens is 293 g/mol. The number of nitrogens with zero attached hydrogens (tertiary/aromatic N) is 2. The first-order valence-corrected chi connectivity index (χ1v) is 7.45. The molecule has 6 heteroatoms. The van der Waals surface area contributed by atoms with E-state index in [9.17, 15) is 4.39 Å². The molecule has 0 bridgehead atoms. The molecule has 1 aromatic heterocycles. The second-order valence-corrected chi connectivity index (χ2v) is 5.48. The molecule has 1 N–H and O–H groups in total. The Kier molecular flexibility index (Phi) is 5.70. The van der Waals surface area contributed by atoms with Crippen LogP contribution in [0.15, 0.2) is 22.7 Å². The highest BCUT2D eigenvalue weighted by molar-refractivity contribution is 6.31. The molecule has 0 amide bonds. The quantitative estimate of drug-likeness (QED) is 0.851. The molecule has 1 heterocycles. The Bertz CT molecular complexity index is 588. The van der Waals surface area contributed by atoms with Crippen molar-refractivity contribution in [3.05, 3.63) is 46.3 Å². The van der Waals surface area contributed by atoms with Crippen LogP contribution in [0.25, 0.3) is 0 Å². The second kappa shape index (κ2) is 7.52. The molecule has 4 nitrogen and oxygen atoms in total. The van der Waals surface area contributed by atoms with Crippen LogP contribution >= 0.6 is 11.6 Å². The standard InChI is InChI=1S/C15H19ClFN3O/c1-3-6-18-10(2)7-15-19-14(20-21-15)8-11-4-5-12(17)9-13(11)16/h4-5,9-10,18H,3,6-8H2,1-2H3. The van der Waals surface area contributed by atoms with Crippen LogP contribution in [-0.2, 0) is 12.8 Å². The summed E-state index contributed by atoms with van der Waals surface area (Å²) in [6.45, 7) is 5.17. The van der Waals surface area contributed by atoms with Gasteiger partial charge < -0.3 is 9.84 Å². The van der Waals surface area contributed by atoms with Gasteiger partial charge in [0.15, 0.2) is 5.82 Å². The van der Waals surface area contributed by atoms with Crippen molar-refractivity contribution >= 4 is 11.6 Å². The van der Waals surface area contributed by atoms with E-state index in [1.807, 2.05) is 0 Å². The van der Waals surface area contributed by atoms with Crippen LogP contribution in [0.4, 0.5) is 4.39 Å². The summed E-state index contributed by atoms with van der Waals surface area (Å²) in [4.78, 5) is 4.35. The molecule has 114 valence electrons. The molecule has 0 aliphatic heterocycles. The number of aromatic nitrogens is 2. The van der Waals surface area contributed by atoms with E-state index < -0.39 is 0 Å². The van der Waals surface area contributed by atoms with E-state index in [4.69, 9.17) is 16.1 Å². The summed E-state index contributed by atoms with van der Waals surface area (Å²) in [5, 5.41) is 7.68. The minimum absolute atomic E-state index is 0.285. The molecule has 1 aromatic carbocycles. The number of nitrogens with one attached hydrogen (secondary N) is 1. The number of hydrogen-bond donors (Lipinski definition) is 1. The summed E-state index contributed by atoms with van der Waals surface area (Å²) in [6, 6.07) is 4.58. The van der Waals surface area contributed by atoms with Gasteiger partial charge in [-0.1, -0.05) is 29.7 Å². The minimum atomic E-state index is -0.353. The molecule has 2 rings (SSSR count). The van der Waals surface area contributed by atoms with Crippen molar-refractivity contribution < 1.29 is 8.91 Å². The van der Waals surface area contributed by atoms with Gasteiger partial charge in [-0.15, -0.1) is 0 Å². The van der Waals surface area contributed by atoms with Gasteiger partial charge in [-0.3, -0.25) is 0 Å². The van der Waals surface area contributed by atoms with E-state index in [1.165, 1.54) is 12.1 Å². The Hall–Kier alpha value is -1.46. The molecule has 0 saturated heterocycles. The summed E-state index contributed by atoms with van der Waals surface area (Å²) in [5.74, 6) is 0.800. The van der Waals surface area contributed by atoms with Gasteiger partial charge in [-0.2, -0.15) is 4.98 Å². The summed E-state index contributed by atoms with van der Waals surface area (Å²) in [6.07, 6.45) is 2.20. The molecule has 0 spiro atoms. The molecule has 0 aliphatic carbocycles. The molecule has 21 heavy (non-hydrogen) atoms. The van der Waals surface area contributed by atoms with E-state index in [0.717, 1.165) is 18.5 Å². The lowest BCUT2D eigenvalue weighted by Gasteiger charge is -2.09. The van der Waals surface area contributed by atoms with Crippen molar-refractivity contribution in [2.75, 3.05) is 6.54 Å². The van der Waals surface area contributed by atoms with Crippen LogP contribution < -0.4 is 5.32 Å². The monoisotopic (exact) mass is 311 g/mol. The van der Waals surface area contributed by atoms with Crippen LogP contribution in [-0.4, -0.2) is 22.7 Å². The third kappa shape index (κ3) is 4.79. The van der Waals surface area contributed by atoms with Crippen LogP contribution in [0.3, 0.4) is 0 Å². The lowest BCUT2D eigenvalue weighted by atomic mass is 10.1. The summed E-state index contributed by atoms with van der Waals surface area (Å²) < 4.78 is 18.2. The van der Waals surface area contributed by atoms with E-state index in [-0.39, 0.29) is 11.9 Å². The summed E-state index contributed by atoms with van der Waals surface area (Å²) in [5.41, 5.74) is 0.780. The second-order valence-electron chi connectivity index (χ2n) is 5.08. The smallest absolute Gasteiger partial charge is 0.228 e. The van der Waals surface area contributed by atoms with Gasteiger partial charge in [0, 0.05) is 23.9 Å². The predicted molar refractivity (Wildman–Crippen MR) is 80.0 cm³/mol. The van der Waals surface area contributed by atoms with Crippen LogP contribution in [0.1, 0.15) is 37.5 Å². The van der Waals surface area contributed by atoms with Gasteiger partial charge in [-0.05, 0) is 37.6 Å². The molecule has 0 aliphatic rings. The van der Waals surface area contributed by atoms with Crippen LogP contribution in [0.2, 0.25) is 5.02 Å². The maximum absolute atomic E-state index is 13.0. The highest BCUT2D eigenvalue weighted by atomic mass is 35.5. The minimum Gasteiger partial charge on any atom is -0.339 e. The topological polar surface area (TPSA) is 51.0 Å². The van der Waals surface area contributed by atoms with Crippen molar-refractivity contribution in [2.24, 2.45) is 0 Å². The zero-order valence-electron chi connectivity index (χ0n) is 12.2. The van der Waals surface area contributed by atoms with Crippen molar-refractivity contribution in [3.8, 4) is 0 Å². The van der Waals surface area contributed by atoms with Gasteiger partial charge in [0.2, 0.25) is 5.89 Å². The van der Waals surface area contributed by atoms with Crippen LogP contribution in [0, 0.1) is 5.82 Å². The number of halogens is 2. The van der Waals surface area contributed by atoms with E-state index in [2.05, 4.69) is 29.3 Å². The van der Waals surface area contributed by atoms with Gasteiger partial charge >= 0.3 is 0 Å². The average Bonchev–Trinajstić information content (AvgIpc) is 2.87. The third-order valence-corrected chi connectivity index (χ3v) is 3.45. The van der Waals surface area contributed by atoms with Crippen molar-refractivity contribution in [3.63, 3.8) is 0 Å². The molecule has 1 atom stereocenters. The first-order chi connectivity index (χ1) is 10.1. The van der Waals surface area contributed by atoms with Gasteiger partial charge in [0.05, 0.1) is 0 Å². The highest BCUT2D eigenvalue weighted by Crippen LogP contribution is 2.19. The molecule has 1 unspecified atom stereocenters. The number of rotatable bonds is 7. The maximum Gasteiger partial charge on any atom is 0.228 e. The Balaban J connectivity index is 1.96. The summed E-state index contributed by atoms with van der Waals surface area (Å²) >= 11 is 5.99. The zero-order chi connectivity index (χ0) is 15.2. The predicted octanol–water partition coefficient (Wildman–Crippen LogP) is 3.38. The van der Waals surface area contributed by atoms with E-state index in [0.29, 0.717) is 29.6 Å². The Morgan fingerprint density at radius 1 is 1.43 bits per heavy atom. The SMILES string of the molecule is CCCNC(C)Cc1nc(Cc2ccc(F)cc2Cl)no1. The average molecular weight is 312 g/mol. The normalized spacial score (nSPS) is 12.6. The first-order valence-electron chi connectivity index (χ1n) is 7.07. The Labute approximate surface area is 128 Å². The molecular formula is C15H19ClFN3O. The highest BCUT2D eigenvalue weighted by Gasteiger charge is 2.12. The van der Waals surface area contributed by atoms with E-state index >= 15 is 0 Å². The fourth-order valence-electron chi connectivity index (χ4n) is 2.01. The molecule has 0 radical (unpaired) electrons. The Morgan fingerprint density at radius 2 is 2.24 bits per heavy atom. The Morgan fingerprint density at radius 3 is 2.95 bits per heavy atom. The molecule has 0 saturated carbocycles.